The van der Waals surface area contributed by atoms with E-state index in [1.165, 1.54) is 16.0 Å². The van der Waals surface area contributed by atoms with Crippen molar-refractivity contribution in [2.24, 2.45) is 17.3 Å². The maximum atomic E-state index is 12.5. The van der Waals surface area contributed by atoms with Gasteiger partial charge in [-0.15, -0.1) is 23.2 Å². The zero-order valence-corrected chi connectivity index (χ0v) is 21.2. The molecule has 5 atom stereocenters. The lowest BCUT2D eigenvalue weighted by atomic mass is 9.55. The van der Waals surface area contributed by atoms with Gasteiger partial charge >= 0.3 is 13.9 Å². The first-order valence-electron chi connectivity index (χ1n) is 11.6. The van der Waals surface area contributed by atoms with Crippen LogP contribution in [-0.4, -0.2) is 51.7 Å². The van der Waals surface area contributed by atoms with Crippen molar-refractivity contribution in [3.05, 3.63) is 29.3 Å². The topological polar surface area (TPSA) is 96.3 Å². The van der Waals surface area contributed by atoms with E-state index in [0.29, 0.717) is 54.8 Å². The van der Waals surface area contributed by atoms with Crippen LogP contribution < -0.4 is 4.74 Å². The number of benzene rings is 1. The van der Waals surface area contributed by atoms with Gasteiger partial charge in [0.1, 0.15) is 5.75 Å². The van der Waals surface area contributed by atoms with Crippen LogP contribution in [0.3, 0.4) is 0 Å². The zero-order chi connectivity index (χ0) is 23.8. The number of phosphoric acid groups is 1. The van der Waals surface area contributed by atoms with E-state index >= 15 is 0 Å². The summed E-state index contributed by atoms with van der Waals surface area (Å²) in [6.07, 6.45) is 4.55. The summed E-state index contributed by atoms with van der Waals surface area (Å²) in [7, 11) is -4.50. The molecule has 0 aromatic heterocycles. The van der Waals surface area contributed by atoms with Gasteiger partial charge in [-0.2, -0.15) is 0 Å². The van der Waals surface area contributed by atoms with Crippen molar-refractivity contribution < 1.29 is 28.4 Å². The monoisotopic (exact) mass is 518 g/mol. The van der Waals surface area contributed by atoms with Gasteiger partial charge in [0.2, 0.25) is 0 Å². The number of halogens is 2. The fraction of sp³-hybridized carbons (Fsp3) is 0.696. The van der Waals surface area contributed by atoms with E-state index in [-0.39, 0.29) is 5.41 Å². The Morgan fingerprint density at radius 2 is 1.91 bits per heavy atom. The van der Waals surface area contributed by atoms with E-state index in [9.17, 15) is 19.1 Å². The summed E-state index contributed by atoms with van der Waals surface area (Å²) in [5, 5.41) is 0. The molecule has 0 radical (unpaired) electrons. The van der Waals surface area contributed by atoms with E-state index in [1.54, 1.807) is 0 Å². The van der Waals surface area contributed by atoms with Gasteiger partial charge in [-0.1, -0.05) is 13.0 Å². The molecule has 0 saturated heterocycles. The number of carbonyl (C=O) groups excluding carboxylic acids is 1. The van der Waals surface area contributed by atoms with Crippen LogP contribution >= 0.6 is 31.0 Å². The number of hydrogen-bond acceptors (Lipinski definition) is 4. The average molecular weight is 519 g/mol. The van der Waals surface area contributed by atoms with Gasteiger partial charge in [-0.3, -0.25) is 4.52 Å². The minimum Gasteiger partial charge on any atom is -0.410 e. The molecule has 3 aliphatic rings. The molecule has 2 fully saturated rings. The third-order valence-corrected chi connectivity index (χ3v) is 8.91. The lowest BCUT2D eigenvalue weighted by Gasteiger charge is -2.50. The maximum absolute atomic E-state index is 12.5. The van der Waals surface area contributed by atoms with Crippen LogP contribution in [0.5, 0.6) is 5.75 Å². The van der Waals surface area contributed by atoms with Crippen LogP contribution in [0.4, 0.5) is 4.79 Å². The Balaban J connectivity index is 1.48. The standard InChI is InChI=1S/C23H32Cl2NO6P/c1-23-9-8-18-17-5-3-16(31-22(27)26(12-10-24)13-11-25)14-15(17)2-4-19(18)20(23)6-7-21(23)32-33(28,29)30/h3,5,14,18-21H,2,4,6-13H2,1H3,(H2,28,29,30)/t18-,19-,20+,21+,23+/m1/s1/i22-1. The maximum Gasteiger partial charge on any atom is 0.469 e. The van der Waals surface area contributed by atoms with Crippen molar-refractivity contribution in [3.63, 3.8) is 0 Å². The van der Waals surface area contributed by atoms with Gasteiger partial charge in [0, 0.05) is 24.8 Å². The normalized spacial score (nSPS) is 30.8. The first-order chi connectivity index (χ1) is 15.7. The highest BCUT2D eigenvalue weighted by atomic mass is 35.5. The van der Waals surface area contributed by atoms with Gasteiger partial charge in [-0.05, 0) is 85.0 Å². The van der Waals surface area contributed by atoms with E-state index in [0.717, 1.165) is 32.1 Å². The molecule has 0 bridgehead atoms. The number of aryl methyl sites for hydroxylation is 1. The number of hydrogen-bond donors (Lipinski definition) is 2. The molecule has 7 nitrogen and oxygen atoms in total. The number of carbonyl (C=O) groups is 1. The van der Waals surface area contributed by atoms with Crippen LogP contribution in [0.2, 0.25) is 0 Å². The molecule has 0 aliphatic heterocycles. The summed E-state index contributed by atoms with van der Waals surface area (Å²) in [5.41, 5.74) is 2.32. The summed E-state index contributed by atoms with van der Waals surface area (Å²) in [4.78, 5) is 32.7. The molecule has 0 unspecified atom stereocenters. The van der Waals surface area contributed by atoms with E-state index in [4.69, 9.17) is 32.5 Å². The second-order valence-corrected chi connectivity index (χ2v) is 11.7. The zero-order valence-electron chi connectivity index (χ0n) is 18.8. The Hall–Kier alpha value is -0.820. The van der Waals surface area contributed by atoms with Crippen LogP contribution in [-0.2, 0) is 15.5 Å². The van der Waals surface area contributed by atoms with Crippen molar-refractivity contribution >= 4 is 37.1 Å². The molecule has 1 aromatic carbocycles. The Morgan fingerprint density at radius 3 is 2.58 bits per heavy atom. The van der Waals surface area contributed by atoms with Gasteiger partial charge < -0.3 is 19.4 Å². The molecule has 10 heteroatoms. The predicted molar refractivity (Wildman–Crippen MR) is 127 cm³/mol. The molecule has 1 aromatic rings. The highest BCUT2D eigenvalue weighted by Gasteiger charge is 2.56. The fourth-order valence-corrected chi connectivity index (χ4v) is 7.66. The molecule has 0 heterocycles. The molecular formula is C23H32Cl2NO6P. The van der Waals surface area contributed by atoms with Crippen LogP contribution in [0, 0.1) is 17.3 Å². The second-order valence-electron chi connectivity index (χ2n) is 9.72. The minimum atomic E-state index is -4.50. The number of phosphoric ester groups is 1. The summed E-state index contributed by atoms with van der Waals surface area (Å²) < 4.78 is 22.3. The predicted octanol–water partition coefficient (Wildman–Crippen LogP) is 5.30. The number of ether oxygens (including phenoxy) is 1. The van der Waals surface area contributed by atoms with E-state index in [1.807, 2.05) is 12.1 Å². The smallest absolute Gasteiger partial charge is 0.410 e. The molecule has 0 spiro atoms. The van der Waals surface area contributed by atoms with E-state index < -0.39 is 20.0 Å². The van der Waals surface area contributed by atoms with Crippen molar-refractivity contribution in [2.75, 3.05) is 24.8 Å². The number of rotatable bonds is 7. The van der Waals surface area contributed by atoms with Crippen LogP contribution in [0.15, 0.2) is 18.2 Å². The molecule has 1 amide bonds. The Labute approximate surface area is 205 Å². The average Bonchev–Trinajstić information content (AvgIpc) is 3.08. The first-order valence-corrected chi connectivity index (χ1v) is 14.2. The van der Waals surface area contributed by atoms with Crippen molar-refractivity contribution in [2.45, 2.75) is 57.5 Å². The Bertz CT molecular complexity index is 920. The molecule has 184 valence electrons. The third-order valence-electron chi connectivity index (χ3n) is 8.05. The number of amides is 1. The molecule has 33 heavy (non-hydrogen) atoms. The van der Waals surface area contributed by atoms with Crippen molar-refractivity contribution in [3.8, 4) is 5.75 Å². The number of alkyl halides is 2. The van der Waals surface area contributed by atoms with Gasteiger partial charge in [0.15, 0.2) is 0 Å². The van der Waals surface area contributed by atoms with Crippen molar-refractivity contribution in [1.29, 1.82) is 0 Å². The number of fused-ring (bicyclic) bond motifs is 5. The highest BCUT2D eigenvalue weighted by Crippen LogP contribution is 2.63. The van der Waals surface area contributed by atoms with E-state index in [2.05, 4.69) is 13.0 Å². The first kappa shape index (κ1) is 25.3. The molecule has 3 aliphatic carbocycles. The molecule has 4 rings (SSSR count). The second kappa shape index (κ2) is 10.0. The van der Waals surface area contributed by atoms with Crippen molar-refractivity contribution in [1.82, 2.24) is 4.90 Å². The molecule has 2 N–H and O–H groups in total. The largest absolute Gasteiger partial charge is 0.469 e. The van der Waals surface area contributed by atoms with Gasteiger partial charge in [0.05, 0.1) is 6.10 Å². The van der Waals surface area contributed by atoms with Gasteiger partial charge in [0.25, 0.3) is 0 Å². The fourth-order valence-electron chi connectivity index (χ4n) is 6.58. The quantitative estimate of drug-likeness (QED) is 0.375. The third kappa shape index (κ3) is 5.24. The molecular weight excluding hydrogens is 487 g/mol. The summed E-state index contributed by atoms with van der Waals surface area (Å²) in [6.45, 7) is 2.91. The van der Waals surface area contributed by atoms with Gasteiger partial charge in [-0.25, -0.2) is 9.36 Å². The molecule has 2 saturated carbocycles. The van der Waals surface area contributed by atoms with Crippen LogP contribution in [0.1, 0.15) is 56.1 Å². The summed E-state index contributed by atoms with van der Waals surface area (Å²) >= 11 is 11.6. The SMILES string of the molecule is C[C@]12CC[C@@H]3c4ccc(O[11C](=O)N(CCCl)CCCl)cc4CC[C@H]3[C@@H]1CC[C@@H]2OP(=O)(O)O. The Kier molecular flexibility index (Phi) is 7.69. The summed E-state index contributed by atoms with van der Waals surface area (Å²) in [5.74, 6) is 2.44. The minimum absolute atomic E-state index is 0.205. The lowest BCUT2D eigenvalue weighted by molar-refractivity contribution is -0.0217. The highest BCUT2D eigenvalue weighted by molar-refractivity contribution is 7.46. The summed E-state index contributed by atoms with van der Waals surface area (Å²) in [6, 6.07) is 5.93. The Morgan fingerprint density at radius 1 is 1.18 bits per heavy atom. The van der Waals surface area contributed by atoms with Crippen LogP contribution in [0.25, 0.3) is 0 Å². The lowest BCUT2D eigenvalue weighted by Crippen LogP contribution is -2.44. The number of nitrogens with zero attached hydrogens (tertiary/aromatic N) is 1.